The van der Waals surface area contributed by atoms with Gasteiger partial charge in [-0.05, 0) is 24.1 Å². The van der Waals surface area contributed by atoms with Gasteiger partial charge in [0.1, 0.15) is 0 Å². The van der Waals surface area contributed by atoms with E-state index in [1.807, 2.05) is 12.1 Å². The van der Waals surface area contributed by atoms with Gasteiger partial charge in [-0.2, -0.15) is 0 Å². The van der Waals surface area contributed by atoms with Gasteiger partial charge in [0.25, 0.3) is 0 Å². The van der Waals surface area contributed by atoms with Gasteiger partial charge in [-0.3, -0.25) is 4.98 Å². The first-order valence-corrected chi connectivity index (χ1v) is 8.65. The minimum Gasteiger partial charge on any atom is -0.388 e. The number of sulfonamides is 1. The summed E-state index contributed by atoms with van der Waals surface area (Å²) in [7, 11) is -1.86. The van der Waals surface area contributed by atoms with Gasteiger partial charge in [0.05, 0.1) is 11.4 Å². The smallest absolute Gasteiger partial charge is 0.214 e. The average Bonchev–Trinajstić information content (AvgIpc) is 2.46. The summed E-state index contributed by atoms with van der Waals surface area (Å²) in [6, 6.07) is 3.61. The molecule has 21 heavy (non-hydrogen) atoms. The zero-order chi connectivity index (χ0) is 15.3. The molecule has 0 saturated carbocycles. The number of hydrogen-bond acceptors (Lipinski definition) is 5. The fraction of sp³-hybridized carbons (Fsp3) is 0.643. The van der Waals surface area contributed by atoms with Gasteiger partial charge in [0.15, 0.2) is 0 Å². The Bertz CT molecular complexity index is 541. The molecular formula is C14H22N2O4S. The van der Waals surface area contributed by atoms with Crippen molar-refractivity contribution in [1.82, 2.24) is 9.29 Å². The molecule has 1 aromatic rings. The van der Waals surface area contributed by atoms with Gasteiger partial charge in [-0.15, -0.1) is 0 Å². The van der Waals surface area contributed by atoms with E-state index in [4.69, 9.17) is 4.74 Å². The van der Waals surface area contributed by atoms with Crippen LogP contribution in [-0.2, 0) is 21.2 Å². The minimum atomic E-state index is -3.38. The quantitative estimate of drug-likeness (QED) is 0.823. The molecule has 1 aromatic heterocycles. The maximum absolute atomic E-state index is 12.3. The number of rotatable bonds is 6. The Labute approximate surface area is 125 Å². The minimum absolute atomic E-state index is 0.0279. The van der Waals surface area contributed by atoms with E-state index in [2.05, 4.69) is 4.98 Å². The summed E-state index contributed by atoms with van der Waals surface area (Å²) in [6.07, 6.45) is 4.68. The van der Waals surface area contributed by atoms with Crippen LogP contribution in [0.15, 0.2) is 24.5 Å². The highest BCUT2D eigenvalue weighted by Crippen LogP contribution is 2.22. The molecule has 118 valence electrons. The van der Waals surface area contributed by atoms with Crippen LogP contribution < -0.4 is 0 Å². The first-order valence-electron chi connectivity index (χ1n) is 7.04. The van der Waals surface area contributed by atoms with Crippen molar-refractivity contribution in [3.8, 4) is 0 Å². The zero-order valence-corrected chi connectivity index (χ0v) is 13.1. The molecule has 0 unspecified atom stereocenters. The van der Waals surface area contributed by atoms with Crippen molar-refractivity contribution in [1.29, 1.82) is 0 Å². The van der Waals surface area contributed by atoms with Crippen molar-refractivity contribution >= 4 is 10.0 Å². The number of nitrogens with zero attached hydrogens (tertiary/aromatic N) is 2. The molecule has 0 aliphatic carbocycles. The summed E-state index contributed by atoms with van der Waals surface area (Å²) in [6.45, 7) is 1.07. The molecule has 1 N–H and O–H groups in total. The van der Waals surface area contributed by atoms with Crippen LogP contribution in [-0.4, -0.2) is 61.0 Å². The van der Waals surface area contributed by atoms with Gasteiger partial charge in [0, 0.05) is 52.0 Å². The largest absolute Gasteiger partial charge is 0.388 e. The van der Waals surface area contributed by atoms with Crippen LogP contribution in [0.4, 0.5) is 0 Å². The Morgan fingerprint density at radius 3 is 2.57 bits per heavy atom. The third-order valence-corrected chi connectivity index (χ3v) is 5.61. The second kappa shape index (κ2) is 6.83. The zero-order valence-electron chi connectivity index (χ0n) is 12.2. The summed E-state index contributed by atoms with van der Waals surface area (Å²) in [5.41, 5.74) is -0.0387. The molecule has 1 saturated heterocycles. The molecule has 7 heteroatoms. The van der Waals surface area contributed by atoms with Crippen LogP contribution in [0.5, 0.6) is 0 Å². The van der Waals surface area contributed by atoms with Gasteiger partial charge >= 0.3 is 0 Å². The summed E-state index contributed by atoms with van der Waals surface area (Å²) in [4.78, 5) is 3.91. The monoisotopic (exact) mass is 314 g/mol. The van der Waals surface area contributed by atoms with Crippen molar-refractivity contribution in [3.05, 3.63) is 30.1 Å². The van der Waals surface area contributed by atoms with E-state index >= 15 is 0 Å². The summed E-state index contributed by atoms with van der Waals surface area (Å²) in [5, 5.41) is 10.4. The third kappa shape index (κ3) is 4.74. The van der Waals surface area contributed by atoms with Gasteiger partial charge in [0.2, 0.25) is 10.0 Å². The van der Waals surface area contributed by atoms with Gasteiger partial charge in [-0.25, -0.2) is 12.7 Å². The first-order chi connectivity index (χ1) is 9.91. The topological polar surface area (TPSA) is 79.7 Å². The number of aromatic nitrogens is 1. The van der Waals surface area contributed by atoms with Crippen LogP contribution >= 0.6 is 0 Å². The fourth-order valence-electron chi connectivity index (χ4n) is 2.37. The Hall–Kier alpha value is -1.02. The second-order valence-corrected chi connectivity index (χ2v) is 7.71. The van der Waals surface area contributed by atoms with Gasteiger partial charge in [-0.1, -0.05) is 0 Å². The lowest BCUT2D eigenvalue weighted by Crippen LogP contribution is -2.47. The lowest BCUT2D eigenvalue weighted by Gasteiger charge is -2.35. The fourth-order valence-corrected chi connectivity index (χ4v) is 3.62. The van der Waals surface area contributed by atoms with Crippen molar-refractivity contribution in [2.45, 2.75) is 24.9 Å². The van der Waals surface area contributed by atoms with E-state index < -0.39 is 15.6 Å². The Morgan fingerprint density at radius 2 is 1.95 bits per heavy atom. The van der Waals surface area contributed by atoms with Crippen LogP contribution in [0, 0.1) is 0 Å². The number of aliphatic hydroxyl groups is 1. The van der Waals surface area contributed by atoms with Crippen LogP contribution in [0.2, 0.25) is 0 Å². The van der Waals surface area contributed by atoms with E-state index in [1.165, 1.54) is 11.4 Å². The predicted octanol–water partition coefficient (Wildman–Crippen LogP) is 0.427. The third-order valence-electron chi connectivity index (χ3n) is 3.81. The molecule has 0 radical (unpaired) electrons. The van der Waals surface area contributed by atoms with Crippen LogP contribution in [0.3, 0.4) is 0 Å². The maximum Gasteiger partial charge on any atom is 0.214 e. The maximum atomic E-state index is 12.3. The van der Waals surface area contributed by atoms with Crippen LogP contribution in [0.25, 0.3) is 0 Å². The molecule has 1 aliphatic rings. The highest BCUT2D eigenvalue weighted by Gasteiger charge is 2.34. The lowest BCUT2D eigenvalue weighted by atomic mass is 9.95. The average molecular weight is 314 g/mol. The molecule has 2 rings (SSSR count). The molecule has 1 aliphatic heterocycles. The number of hydrogen-bond donors (Lipinski definition) is 1. The highest BCUT2D eigenvalue weighted by atomic mass is 32.2. The molecule has 0 aromatic carbocycles. The van der Waals surface area contributed by atoms with Crippen molar-refractivity contribution in [2.75, 3.05) is 32.6 Å². The molecule has 0 atom stereocenters. The number of likely N-dealkylation sites (N-methyl/N-ethyl adjacent to an activating group) is 1. The molecule has 6 nitrogen and oxygen atoms in total. The number of aryl methyl sites for hydroxylation is 1. The molecular weight excluding hydrogens is 292 g/mol. The van der Waals surface area contributed by atoms with E-state index in [9.17, 15) is 13.5 Å². The highest BCUT2D eigenvalue weighted by molar-refractivity contribution is 7.89. The Balaban J connectivity index is 1.92. The van der Waals surface area contributed by atoms with Crippen molar-refractivity contribution in [2.24, 2.45) is 0 Å². The molecule has 2 heterocycles. The Kier molecular flexibility index (Phi) is 5.32. The molecule has 0 amide bonds. The van der Waals surface area contributed by atoms with Crippen molar-refractivity contribution < 1.29 is 18.3 Å². The van der Waals surface area contributed by atoms with E-state index in [1.54, 1.807) is 12.4 Å². The standard InChI is InChI=1S/C14H22N2O4S/c1-16(12-14(17)5-9-20-10-6-14)21(18,19)11-4-13-2-7-15-8-3-13/h2-3,7-8,17H,4-6,9-12H2,1H3. The van der Waals surface area contributed by atoms with Gasteiger partial charge < -0.3 is 9.84 Å². The lowest BCUT2D eigenvalue weighted by molar-refractivity contribution is -0.0689. The summed E-state index contributed by atoms with van der Waals surface area (Å²) >= 11 is 0. The van der Waals surface area contributed by atoms with E-state index in [0.29, 0.717) is 32.5 Å². The Morgan fingerprint density at radius 1 is 1.33 bits per heavy atom. The molecule has 0 spiro atoms. The predicted molar refractivity (Wildman–Crippen MR) is 79.4 cm³/mol. The molecule has 1 fully saturated rings. The SMILES string of the molecule is CN(CC1(O)CCOCC1)S(=O)(=O)CCc1ccncc1. The second-order valence-electron chi connectivity index (χ2n) is 5.51. The van der Waals surface area contributed by atoms with Crippen molar-refractivity contribution in [3.63, 3.8) is 0 Å². The normalized spacial score (nSPS) is 18.8. The first kappa shape index (κ1) is 16.4. The number of pyridine rings is 1. The van der Waals surface area contributed by atoms with E-state index in [0.717, 1.165) is 5.56 Å². The summed E-state index contributed by atoms with van der Waals surface area (Å²) < 4.78 is 31.0. The number of ether oxygens (including phenoxy) is 1. The molecule has 0 bridgehead atoms. The summed E-state index contributed by atoms with van der Waals surface area (Å²) in [5.74, 6) is 0.0279. The van der Waals surface area contributed by atoms with E-state index in [-0.39, 0.29) is 12.3 Å². The van der Waals surface area contributed by atoms with Crippen LogP contribution in [0.1, 0.15) is 18.4 Å².